The van der Waals surface area contributed by atoms with Crippen molar-refractivity contribution in [3.05, 3.63) is 11.5 Å². The first-order chi connectivity index (χ1) is 10.2. The second-order valence-corrected chi connectivity index (χ2v) is 6.24. The standard InChI is InChI=1S/C15H24ClN5/c1-4-21-15-14(11(2)18-21)17-13(9-16)20(15)10-12-7-5-6-8-19(12)3/h12H,4-10H2,1-3H3. The predicted molar refractivity (Wildman–Crippen MR) is 85.8 cm³/mol. The molecule has 1 aliphatic rings. The number of likely N-dealkylation sites (tertiary alicyclic amines) is 1. The molecule has 0 aromatic carbocycles. The molecule has 1 unspecified atom stereocenters. The van der Waals surface area contributed by atoms with Crippen molar-refractivity contribution in [3.63, 3.8) is 0 Å². The lowest BCUT2D eigenvalue weighted by atomic mass is 10.0. The summed E-state index contributed by atoms with van der Waals surface area (Å²) in [6.07, 6.45) is 3.87. The third-order valence-electron chi connectivity index (χ3n) is 4.61. The van der Waals surface area contributed by atoms with E-state index in [1.54, 1.807) is 0 Å². The van der Waals surface area contributed by atoms with Gasteiger partial charge in [0.15, 0.2) is 5.65 Å². The van der Waals surface area contributed by atoms with Gasteiger partial charge in [-0.3, -0.25) is 0 Å². The number of hydrogen-bond donors (Lipinski definition) is 0. The van der Waals surface area contributed by atoms with Crippen LogP contribution in [0.3, 0.4) is 0 Å². The average molecular weight is 310 g/mol. The number of rotatable bonds is 4. The zero-order valence-electron chi connectivity index (χ0n) is 13.1. The van der Waals surface area contributed by atoms with Crippen molar-refractivity contribution in [3.8, 4) is 0 Å². The second kappa shape index (κ2) is 5.97. The molecule has 116 valence electrons. The van der Waals surface area contributed by atoms with Crippen molar-refractivity contribution in [2.45, 2.75) is 58.1 Å². The molecule has 2 aromatic rings. The Morgan fingerprint density at radius 3 is 2.81 bits per heavy atom. The highest BCUT2D eigenvalue weighted by atomic mass is 35.5. The maximum absolute atomic E-state index is 6.14. The van der Waals surface area contributed by atoms with Gasteiger partial charge in [-0.1, -0.05) is 6.42 Å². The van der Waals surface area contributed by atoms with Crippen LogP contribution in [0.1, 0.15) is 37.7 Å². The molecule has 2 aromatic heterocycles. The van der Waals surface area contributed by atoms with E-state index in [-0.39, 0.29) is 0 Å². The first-order valence-corrected chi connectivity index (χ1v) is 8.37. The molecule has 1 fully saturated rings. The Labute approximate surface area is 130 Å². The molecule has 0 saturated carbocycles. The fourth-order valence-corrected chi connectivity index (χ4v) is 3.57. The van der Waals surface area contributed by atoms with Crippen LogP contribution >= 0.6 is 11.6 Å². The molecule has 1 atom stereocenters. The minimum Gasteiger partial charge on any atom is -0.310 e. The molecule has 1 aliphatic heterocycles. The highest BCUT2D eigenvalue weighted by Crippen LogP contribution is 2.24. The van der Waals surface area contributed by atoms with E-state index in [0.717, 1.165) is 35.8 Å². The van der Waals surface area contributed by atoms with E-state index in [1.165, 1.54) is 25.8 Å². The molecule has 0 bridgehead atoms. The topological polar surface area (TPSA) is 38.9 Å². The summed E-state index contributed by atoms with van der Waals surface area (Å²) in [4.78, 5) is 7.18. The third kappa shape index (κ3) is 2.57. The molecule has 3 rings (SSSR count). The molecule has 0 amide bonds. The van der Waals surface area contributed by atoms with Crippen LogP contribution in [0.4, 0.5) is 0 Å². The lowest BCUT2D eigenvalue weighted by Gasteiger charge is -2.33. The van der Waals surface area contributed by atoms with Crippen molar-refractivity contribution in [1.82, 2.24) is 24.2 Å². The Kier molecular flexibility index (Phi) is 4.22. The largest absolute Gasteiger partial charge is 0.310 e. The van der Waals surface area contributed by atoms with E-state index in [2.05, 4.69) is 33.2 Å². The van der Waals surface area contributed by atoms with Gasteiger partial charge in [0.25, 0.3) is 0 Å². The first-order valence-electron chi connectivity index (χ1n) is 7.84. The minimum atomic E-state index is 0.453. The van der Waals surface area contributed by atoms with E-state index in [1.807, 2.05) is 6.92 Å². The predicted octanol–water partition coefficient (Wildman–Crippen LogP) is 2.78. The van der Waals surface area contributed by atoms with Crippen LogP contribution < -0.4 is 0 Å². The summed E-state index contributed by atoms with van der Waals surface area (Å²) in [5, 5.41) is 4.59. The Balaban J connectivity index is 2.02. The summed E-state index contributed by atoms with van der Waals surface area (Å²) in [6.45, 7) is 7.15. The third-order valence-corrected chi connectivity index (χ3v) is 4.85. The summed E-state index contributed by atoms with van der Waals surface area (Å²) in [5.41, 5.74) is 3.13. The van der Waals surface area contributed by atoms with Crippen molar-refractivity contribution in [2.75, 3.05) is 13.6 Å². The maximum atomic E-state index is 6.14. The second-order valence-electron chi connectivity index (χ2n) is 5.98. The fraction of sp³-hybridized carbons (Fsp3) is 0.733. The number of halogens is 1. The van der Waals surface area contributed by atoms with Gasteiger partial charge in [0.2, 0.25) is 0 Å². The Hall–Kier alpha value is -1.07. The fourth-order valence-electron chi connectivity index (χ4n) is 3.37. The lowest BCUT2D eigenvalue weighted by molar-refractivity contribution is 0.167. The number of alkyl halides is 1. The maximum Gasteiger partial charge on any atom is 0.159 e. The number of piperidine rings is 1. The zero-order valence-corrected chi connectivity index (χ0v) is 13.9. The van der Waals surface area contributed by atoms with Gasteiger partial charge in [-0.15, -0.1) is 11.6 Å². The molecule has 0 aliphatic carbocycles. The van der Waals surface area contributed by atoms with Crippen LogP contribution in [-0.4, -0.2) is 43.9 Å². The molecule has 0 N–H and O–H groups in total. The highest BCUT2D eigenvalue weighted by molar-refractivity contribution is 6.16. The van der Waals surface area contributed by atoms with Crippen molar-refractivity contribution < 1.29 is 0 Å². The highest BCUT2D eigenvalue weighted by Gasteiger charge is 2.24. The summed E-state index contributed by atoms with van der Waals surface area (Å²) < 4.78 is 4.34. The lowest BCUT2D eigenvalue weighted by Crippen LogP contribution is -2.39. The van der Waals surface area contributed by atoms with E-state index >= 15 is 0 Å². The van der Waals surface area contributed by atoms with Gasteiger partial charge in [-0.2, -0.15) is 5.10 Å². The van der Waals surface area contributed by atoms with Crippen molar-refractivity contribution in [2.24, 2.45) is 0 Å². The normalized spacial score (nSPS) is 20.5. The summed E-state index contributed by atoms with van der Waals surface area (Å²) in [5.74, 6) is 1.42. The van der Waals surface area contributed by atoms with Gasteiger partial charge in [0.05, 0.1) is 11.6 Å². The number of hydrogen-bond acceptors (Lipinski definition) is 3. The quantitative estimate of drug-likeness (QED) is 0.815. The Bertz CT molecular complexity index is 630. The first kappa shape index (κ1) is 14.9. The van der Waals surface area contributed by atoms with E-state index in [0.29, 0.717) is 11.9 Å². The smallest absolute Gasteiger partial charge is 0.159 e. The number of imidazole rings is 1. The molecule has 6 heteroatoms. The number of aromatic nitrogens is 4. The number of fused-ring (bicyclic) bond motifs is 1. The van der Waals surface area contributed by atoms with Gasteiger partial charge < -0.3 is 9.47 Å². The number of nitrogens with zero attached hydrogens (tertiary/aromatic N) is 5. The van der Waals surface area contributed by atoms with Crippen LogP contribution in [0.25, 0.3) is 11.2 Å². The monoisotopic (exact) mass is 309 g/mol. The Morgan fingerprint density at radius 1 is 1.33 bits per heavy atom. The van der Waals surface area contributed by atoms with Crippen LogP contribution in [0, 0.1) is 6.92 Å². The van der Waals surface area contributed by atoms with E-state index in [9.17, 15) is 0 Å². The minimum absolute atomic E-state index is 0.453. The van der Waals surface area contributed by atoms with Crippen LogP contribution in [0.15, 0.2) is 0 Å². The molecule has 0 radical (unpaired) electrons. The van der Waals surface area contributed by atoms with E-state index < -0.39 is 0 Å². The molecular weight excluding hydrogens is 286 g/mol. The zero-order chi connectivity index (χ0) is 15.0. The summed E-state index contributed by atoms with van der Waals surface area (Å²) in [6, 6.07) is 0.568. The number of likely N-dealkylation sites (N-methyl/N-ethyl adjacent to an activating group) is 1. The summed E-state index contributed by atoms with van der Waals surface area (Å²) in [7, 11) is 2.22. The molecule has 1 saturated heterocycles. The van der Waals surface area contributed by atoms with E-state index in [4.69, 9.17) is 16.6 Å². The van der Waals surface area contributed by atoms with Crippen LogP contribution in [-0.2, 0) is 19.0 Å². The van der Waals surface area contributed by atoms with Crippen molar-refractivity contribution in [1.29, 1.82) is 0 Å². The van der Waals surface area contributed by atoms with Gasteiger partial charge >= 0.3 is 0 Å². The van der Waals surface area contributed by atoms with Crippen LogP contribution in [0.5, 0.6) is 0 Å². The Morgan fingerprint density at radius 2 is 2.14 bits per heavy atom. The van der Waals surface area contributed by atoms with Gasteiger partial charge in [0.1, 0.15) is 11.3 Å². The summed E-state index contributed by atoms with van der Waals surface area (Å²) >= 11 is 6.14. The van der Waals surface area contributed by atoms with Crippen molar-refractivity contribution >= 4 is 22.8 Å². The van der Waals surface area contributed by atoms with Gasteiger partial charge in [-0.25, -0.2) is 9.67 Å². The SMILES string of the molecule is CCn1nc(C)c2nc(CCl)n(CC3CCCCN3C)c21. The molecule has 3 heterocycles. The molecule has 0 spiro atoms. The van der Waals surface area contributed by atoms with Crippen LogP contribution in [0.2, 0.25) is 0 Å². The molecule has 5 nitrogen and oxygen atoms in total. The number of aryl methyl sites for hydroxylation is 2. The molecular formula is C15H24ClN5. The average Bonchev–Trinajstić information content (AvgIpc) is 3.00. The van der Waals surface area contributed by atoms with Gasteiger partial charge in [-0.05, 0) is 40.3 Å². The molecule has 21 heavy (non-hydrogen) atoms. The van der Waals surface area contributed by atoms with Gasteiger partial charge in [0, 0.05) is 19.1 Å².